The number of anilines is 1. The monoisotopic (exact) mass is 298 g/mol. The van der Waals surface area contributed by atoms with Crippen LogP contribution >= 0.6 is 0 Å². The molecule has 2 heterocycles. The highest BCUT2D eigenvalue weighted by Gasteiger charge is 2.68. The van der Waals surface area contributed by atoms with E-state index in [2.05, 4.69) is 10.2 Å². The minimum absolute atomic E-state index is 0.0102. The van der Waals surface area contributed by atoms with Crippen LogP contribution in [-0.4, -0.2) is 30.2 Å². The van der Waals surface area contributed by atoms with Crippen molar-refractivity contribution < 1.29 is 9.59 Å². The molecule has 1 N–H and O–H groups in total. The standard InChI is InChI=1S/C18H22N2O2/c1-20-12-11-17(10-6-2-3-9-15(17)21)18(20)13-7-4-5-8-14(13)19-16(18)22/h4-5,7-8H,2-3,6,9-12H2,1H3,(H,19,22). The van der Waals surface area contributed by atoms with Crippen molar-refractivity contribution in [1.29, 1.82) is 0 Å². The molecule has 4 rings (SSSR count). The lowest BCUT2D eigenvalue weighted by atomic mass is 9.62. The number of ketones is 1. The van der Waals surface area contributed by atoms with E-state index in [1.807, 2.05) is 31.3 Å². The van der Waals surface area contributed by atoms with Crippen LogP contribution in [0.25, 0.3) is 0 Å². The molecule has 4 heteroatoms. The van der Waals surface area contributed by atoms with Gasteiger partial charge in [0.15, 0.2) is 0 Å². The van der Waals surface area contributed by atoms with Gasteiger partial charge in [0.05, 0.1) is 5.41 Å². The SMILES string of the molecule is CN1CCC2(CCCCCC2=O)C12C(=O)Nc1ccccc12. The number of benzene rings is 1. The maximum atomic E-state index is 13.1. The van der Waals surface area contributed by atoms with Gasteiger partial charge in [0.1, 0.15) is 11.3 Å². The molecule has 0 radical (unpaired) electrons. The minimum Gasteiger partial charge on any atom is -0.324 e. The number of rotatable bonds is 0. The minimum atomic E-state index is -0.801. The third kappa shape index (κ3) is 1.46. The van der Waals surface area contributed by atoms with Crippen LogP contribution in [0.3, 0.4) is 0 Å². The van der Waals surface area contributed by atoms with Crippen molar-refractivity contribution in [2.24, 2.45) is 5.41 Å². The normalized spacial score (nSPS) is 35.0. The Morgan fingerprint density at radius 2 is 1.91 bits per heavy atom. The number of hydrogen-bond acceptors (Lipinski definition) is 3. The topological polar surface area (TPSA) is 49.4 Å². The Morgan fingerprint density at radius 3 is 2.77 bits per heavy atom. The average molecular weight is 298 g/mol. The first-order valence-corrected chi connectivity index (χ1v) is 8.28. The van der Waals surface area contributed by atoms with Gasteiger partial charge in [-0.05, 0) is 32.4 Å². The van der Waals surface area contributed by atoms with E-state index in [1.54, 1.807) is 0 Å². The summed E-state index contributed by atoms with van der Waals surface area (Å²) < 4.78 is 0. The lowest BCUT2D eigenvalue weighted by Gasteiger charge is -2.43. The van der Waals surface area contributed by atoms with Crippen LogP contribution in [0.4, 0.5) is 5.69 Å². The summed E-state index contributed by atoms with van der Waals surface area (Å²) in [4.78, 5) is 28.3. The molecule has 1 amide bonds. The summed E-state index contributed by atoms with van der Waals surface area (Å²) >= 11 is 0. The Balaban J connectivity index is 1.97. The number of para-hydroxylation sites is 1. The van der Waals surface area contributed by atoms with E-state index < -0.39 is 11.0 Å². The maximum absolute atomic E-state index is 13.1. The van der Waals surface area contributed by atoms with Crippen molar-refractivity contribution in [3.8, 4) is 0 Å². The van der Waals surface area contributed by atoms with Crippen LogP contribution in [0.2, 0.25) is 0 Å². The summed E-state index contributed by atoms with van der Waals surface area (Å²) in [5.74, 6) is 0.283. The molecule has 0 bridgehead atoms. The fourth-order valence-electron chi connectivity index (χ4n) is 5.08. The van der Waals surface area contributed by atoms with Gasteiger partial charge in [0, 0.05) is 24.2 Å². The number of nitrogens with one attached hydrogen (secondary N) is 1. The van der Waals surface area contributed by atoms with Gasteiger partial charge in [-0.2, -0.15) is 0 Å². The Kier molecular flexibility index (Phi) is 2.95. The molecular weight excluding hydrogens is 276 g/mol. The summed E-state index contributed by atoms with van der Waals surface area (Å²) in [5.41, 5.74) is 0.521. The smallest absolute Gasteiger partial charge is 0.250 e. The molecule has 2 fully saturated rings. The zero-order valence-corrected chi connectivity index (χ0v) is 13.0. The van der Waals surface area contributed by atoms with Crippen molar-refractivity contribution in [2.75, 3.05) is 18.9 Å². The fourth-order valence-corrected chi connectivity index (χ4v) is 5.08. The number of Topliss-reactive ketones (excluding diaryl/α,β-unsaturated/α-hetero) is 1. The molecule has 2 aliphatic heterocycles. The first-order chi connectivity index (χ1) is 10.6. The van der Waals surface area contributed by atoms with Gasteiger partial charge in [-0.3, -0.25) is 14.5 Å². The molecule has 2 spiro atoms. The molecule has 1 saturated heterocycles. The van der Waals surface area contributed by atoms with Crippen molar-refractivity contribution in [2.45, 2.75) is 44.1 Å². The third-order valence-corrected chi connectivity index (χ3v) is 6.07. The van der Waals surface area contributed by atoms with E-state index in [9.17, 15) is 9.59 Å². The molecular formula is C18H22N2O2. The van der Waals surface area contributed by atoms with E-state index in [0.717, 1.165) is 49.9 Å². The molecule has 2 atom stereocenters. The second-order valence-electron chi connectivity index (χ2n) is 6.95. The summed E-state index contributed by atoms with van der Waals surface area (Å²) in [6.07, 6.45) is 5.34. The number of likely N-dealkylation sites (tertiary alicyclic amines) is 1. The summed E-state index contributed by atoms with van der Waals surface area (Å²) in [5, 5.41) is 3.04. The third-order valence-electron chi connectivity index (χ3n) is 6.07. The number of amides is 1. The molecule has 1 saturated carbocycles. The second-order valence-corrected chi connectivity index (χ2v) is 6.95. The predicted molar refractivity (Wildman–Crippen MR) is 84.5 cm³/mol. The van der Waals surface area contributed by atoms with Crippen molar-refractivity contribution in [3.63, 3.8) is 0 Å². The first kappa shape index (κ1) is 13.9. The van der Waals surface area contributed by atoms with Gasteiger partial charge >= 0.3 is 0 Å². The number of carbonyl (C=O) groups excluding carboxylic acids is 2. The van der Waals surface area contributed by atoms with E-state index >= 15 is 0 Å². The molecule has 1 aliphatic carbocycles. The van der Waals surface area contributed by atoms with Gasteiger partial charge in [-0.25, -0.2) is 0 Å². The Bertz CT molecular complexity index is 656. The van der Waals surface area contributed by atoms with Gasteiger partial charge in [-0.15, -0.1) is 0 Å². The summed E-state index contributed by atoms with van der Waals surface area (Å²) in [7, 11) is 1.99. The highest BCUT2D eigenvalue weighted by atomic mass is 16.2. The number of fused-ring (bicyclic) bond motifs is 3. The van der Waals surface area contributed by atoms with Crippen LogP contribution in [0, 0.1) is 5.41 Å². The predicted octanol–water partition coefficient (Wildman–Crippen LogP) is 2.69. The Hall–Kier alpha value is -1.68. The molecule has 22 heavy (non-hydrogen) atoms. The Labute approximate surface area is 130 Å². The van der Waals surface area contributed by atoms with E-state index in [1.165, 1.54) is 0 Å². The number of nitrogens with zero attached hydrogens (tertiary/aromatic N) is 1. The Morgan fingerprint density at radius 1 is 1.09 bits per heavy atom. The van der Waals surface area contributed by atoms with Crippen LogP contribution in [0.5, 0.6) is 0 Å². The van der Waals surface area contributed by atoms with Gasteiger partial charge < -0.3 is 5.32 Å². The van der Waals surface area contributed by atoms with Gasteiger partial charge in [0.2, 0.25) is 0 Å². The van der Waals surface area contributed by atoms with E-state index in [0.29, 0.717) is 12.2 Å². The summed E-state index contributed by atoms with van der Waals surface area (Å²) in [6, 6.07) is 7.88. The molecule has 1 aromatic carbocycles. The van der Waals surface area contributed by atoms with Crippen molar-refractivity contribution in [3.05, 3.63) is 29.8 Å². The lowest BCUT2D eigenvalue weighted by molar-refractivity contribution is -0.144. The van der Waals surface area contributed by atoms with E-state index in [4.69, 9.17) is 0 Å². The number of likely N-dealkylation sites (N-methyl/N-ethyl adjacent to an activating group) is 1. The highest BCUT2D eigenvalue weighted by molar-refractivity contribution is 6.10. The van der Waals surface area contributed by atoms with Crippen LogP contribution in [-0.2, 0) is 15.1 Å². The average Bonchev–Trinajstić information content (AvgIpc) is 2.90. The second kappa shape index (κ2) is 4.66. The van der Waals surface area contributed by atoms with E-state index in [-0.39, 0.29) is 5.91 Å². The molecule has 0 aromatic heterocycles. The highest BCUT2D eigenvalue weighted by Crippen LogP contribution is 2.60. The first-order valence-electron chi connectivity index (χ1n) is 8.28. The van der Waals surface area contributed by atoms with Crippen LogP contribution in [0.15, 0.2) is 24.3 Å². The lowest BCUT2D eigenvalue weighted by Crippen LogP contribution is -2.57. The molecule has 4 nitrogen and oxygen atoms in total. The fraction of sp³-hybridized carbons (Fsp3) is 0.556. The summed E-state index contributed by atoms with van der Waals surface area (Å²) in [6.45, 7) is 0.799. The molecule has 116 valence electrons. The van der Waals surface area contributed by atoms with Crippen molar-refractivity contribution >= 4 is 17.4 Å². The zero-order chi connectivity index (χ0) is 15.4. The van der Waals surface area contributed by atoms with Crippen LogP contribution in [0.1, 0.15) is 44.1 Å². The molecule has 3 aliphatic rings. The van der Waals surface area contributed by atoms with Gasteiger partial charge in [-0.1, -0.05) is 31.0 Å². The van der Waals surface area contributed by atoms with Gasteiger partial charge in [0.25, 0.3) is 5.91 Å². The maximum Gasteiger partial charge on any atom is 0.250 e. The zero-order valence-electron chi connectivity index (χ0n) is 13.0. The quantitative estimate of drug-likeness (QED) is 0.801. The van der Waals surface area contributed by atoms with Crippen molar-refractivity contribution in [1.82, 2.24) is 4.90 Å². The van der Waals surface area contributed by atoms with Crippen LogP contribution < -0.4 is 5.32 Å². The molecule has 1 aromatic rings. The number of hydrogen-bond donors (Lipinski definition) is 1. The molecule has 2 unspecified atom stereocenters. The number of carbonyl (C=O) groups is 2. The largest absolute Gasteiger partial charge is 0.324 e.